The monoisotopic (exact) mass is 299 g/mol. The number of hydrogen-bond donors (Lipinski definition) is 1. The van der Waals surface area contributed by atoms with Gasteiger partial charge in [-0.1, -0.05) is 15.9 Å². The standard InChI is InChI=1S/C11H10BrNO4/c12-7-3-6(4-8(13)5-7)10(14)17-9-1-2-16-11(9)15/h3-5,9H,1-2,13H2. The van der Waals surface area contributed by atoms with Crippen molar-refractivity contribution in [1.82, 2.24) is 0 Å². The predicted octanol–water partition coefficient (Wildman–Crippen LogP) is 1.50. The molecule has 1 aliphatic rings. The average molecular weight is 300 g/mol. The van der Waals surface area contributed by atoms with Crippen LogP contribution in [0.3, 0.4) is 0 Å². The highest BCUT2D eigenvalue weighted by Gasteiger charge is 2.30. The van der Waals surface area contributed by atoms with Crippen LogP contribution in [0.5, 0.6) is 0 Å². The van der Waals surface area contributed by atoms with Gasteiger partial charge in [-0.2, -0.15) is 0 Å². The van der Waals surface area contributed by atoms with Crippen LogP contribution in [0.4, 0.5) is 5.69 Å². The fraction of sp³-hybridized carbons (Fsp3) is 0.273. The van der Waals surface area contributed by atoms with Gasteiger partial charge in [-0.15, -0.1) is 0 Å². The molecule has 6 heteroatoms. The Morgan fingerprint density at radius 1 is 1.47 bits per heavy atom. The molecule has 17 heavy (non-hydrogen) atoms. The van der Waals surface area contributed by atoms with Crippen LogP contribution in [-0.2, 0) is 14.3 Å². The topological polar surface area (TPSA) is 78.6 Å². The summed E-state index contributed by atoms with van der Waals surface area (Å²) in [6.07, 6.45) is -0.406. The molecule has 0 bridgehead atoms. The van der Waals surface area contributed by atoms with Crippen molar-refractivity contribution in [2.24, 2.45) is 0 Å². The Labute approximate surface area is 106 Å². The van der Waals surface area contributed by atoms with Gasteiger partial charge in [0.05, 0.1) is 12.2 Å². The maximum Gasteiger partial charge on any atom is 0.347 e. The normalized spacial score (nSPS) is 18.9. The summed E-state index contributed by atoms with van der Waals surface area (Å²) in [7, 11) is 0. The van der Waals surface area contributed by atoms with Crippen LogP contribution in [0, 0.1) is 0 Å². The molecular formula is C11H10BrNO4. The minimum Gasteiger partial charge on any atom is -0.463 e. The van der Waals surface area contributed by atoms with Gasteiger partial charge in [-0.3, -0.25) is 0 Å². The number of anilines is 1. The number of ether oxygens (including phenoxy) is 2. The summed E-state index contributed by atoms with van der Waals surface area (Å²) in [6.45, 7) is 0.289. The largest absolute Gasteiger partial charge is 0.463 e. The van der Waals surface area contributed by atoms with Gasteiger partial charge >= 0.3 is 11.9 Å². The van der Waals surface area contributed by atoms with Crippen LogP contribution >= 0.6 is 15.9 Å². The van der Waals surface area contributed by atoms with Crippen molar-refractivity contribution in [3.05, 3.63) is 28.2 Å². The van der Waals surface area contributed by atoms with E-state index in [1.165, 1.54) is 6.07 Å². The number of benzene rings is 1. The molecule has 2 N–H and O–H groups in total. The van der Waals surface area contributed by atoms with Gasteiger partial charge in [0.15, 0.2) is 0 Å². The van der Waals surface area contributed by atoms with E-state index in [1.54, 1.807) is 12.1 Å². The number of carbonyl (C=O) groups is 2. The van der Waals surface area contributed by atoms with Crippen molar-refractivity contribution >= 4 is 33.6 Å². The van der Waals surface area contributed by atoms with Gasteiger partial charge in [0.1, 0.15) is 0 Å². The second-order valence-electron chi connectivity index (χ2n) is 3.62. The molecule has 1 fully saturated rings. The maximum atomic E-state index is 11.7. The van der Waals surface area contributed by atoms with E-state index >= 15 is 0 Å². The minimum atomic E-state index is -0.803. The number of halogens is 1. The molecule has 2 rings (SSSR count). The number of nitrogens with two attached hydrogens (primary N) is 1. The van der Waals surface area contributed by atoms with Gasteiger partial charge in [0, 0.05) is 16.6 Å². The number of hydrogen-bond acceptors (Lipinski definition) is 5. The molecule has 0 aliphatic carbocycles. The van der Waals surface area contributed by atoms with Gasteiger partial charge < -0.3 is 15.2 Å². The molecule has 90 valence electrons. The molecule has 0 saturated carbocycles. The third-order valence-electron chi connectivity index (χ3n) is 2.29. The van der Waals surface area contributed by atoms with Crippen molar-refractivity contribution in [3.63, 3.8) is 0 Å². The van der Waals surface area contributed by atoms with Gasteiger partial charge in [0.2, 0.25) is 6.10 Å². The predicted molar refractivity (Wildman–Crippen MR) is 63.3 cm³/mol. The SMILES string of the molecule is Nc1cc(Br)cc(C(=O)OC2CCOC2=O)c1. The maximum absolute atomic E-state index is 11.7. The molecule has 1 heterocycles. The van der Waals surface area contributed by atoms with Gasteiger partial charge in [0.25, 0.3) is 0 Å². The van der Waals surface area contributed by atoms with Crippen LogP contribution in [0.15, 0.2) is 22.7 Å². The lowest BCUT2D eigenvalue weighted by Crippen LogP contribution is -2.22. The number of cyclic esters (lactones) is 1. The first-order valence-corrected chi connectivity index (χ1v) is 5.79. The lowest BCUT2D eigenvalue weighted by atomic mass is 10.2. The molecule has 0 aromatic heterocycles. The zero-order valence-electron chi connectivity index (χ0n) is 8.81. The Bertz CT molecular complexity index is 454. The fourth-order valence-corrected chi connectivity index (χ4v) is 2.02. The van der Waals surface area contributed by atoms with E-state index in [0.717, 1.165) is 0 Å². The molecule has 1 aromatic carbocycles. The molecule has 0 radical (unpaired) electrons. The number of carbonyl (C=O) groups excluding carboxylic acids is 2. The lowest BCUT2D eigenvalue weighted by molar-refractivity contribution is -0.145. The van der Waals surface area contributed by atoms with Crippen molar-refractivity contribution < 1.29 is 19.1 Å². The zero-order chi connectivity index (χ0) is 12.4. The molecule has 1 unspecified atom stereocenters. The third kappa shape index (κ3) is 2.76. The van der Waals surface area contributed by atoms with E-state index in [-0.39, 0.29) is 6.61 Å². The minimum absolute atomic E-state index is 0.289. The highest BCUT2D eigenvalue weighted by molar-refractivity contribution is 9.10. The Morgan fingerprint density at radius 3 is 2.82 bits per heavy atom. The first kappa shape index (κ1) is 11.9. The van der Waals surface area contributed by atoms with Crippen LogP contribution in [0.25, 0.3) is 0 Å². The molecule has 0 amide bonds. The van der Waals surface area contributed by atoms with Gasteiger partial charge in [-0.25, -0.2) is 9.59 Å². The Balaban J connectivity index is 2.11. The van der Waals surface area contributed by atoms with Crippen molar-refractivity contribution in [2.75, 3.05) is 12.3 Å². The van der Waals surface area contributed by atoms with Crippen molar-refractivity contribution in [2.45, 2.75) is 12.5 Å². The highest BCUT2D eigenvalue weighted by atomic mass is 79.9. The van der Waals surface area contributed by atoms with E-state index in [2.05, 4.69) is 15.9 Å². The van der Waals surface area contributed by atoms with E-state index < -0.39 is 18.0 Å². The quantitative estimate of drug-likeness (QED) is 0.661. The fourth-order valence-electron chi connectivity index (χ4n) is 1.51. The summed E-state index contributed by atoms with van der Waals surface area (Å²) in [5.41, 5.74) is 6.35. The summed E-state index contributed by atoms with van der Waals surface area (Å²) >= 11 is 3.23. The highest BCUT2D eigenvalue weighted by Crippen LogP contribution is 2.19. The average Bonchev–Trinajstić information content (AvgIpc) is 2.63. The van der Waals surface area contributed by atoms with Crippen LogP contribution < -0.4 is 5.73 Å². The molecular weight excluding hydrogens is 290 g/mol. The van der Waals surface area contributed by atoms with E-state index in [4.69, 9.17) is 15.2 Å². The van der Waals surface area contributed by atoms with Crippen molar-refractivity contribution in [3.8, 4) is 0 Å². The van der Waals surface area contributed by atoms with Gasteiger partial charge in [-0.05, 0) is 18.2 Å². The van der Waals surface area contributed by atoms with E-state index in [0.29, 0.717) is 22.1 Å². The summed E-state index contributed by atoms with van der Waals surface area (Å²) in [5, 5.41) is 0. The molecule has 0 spiro atoms. The Morgan fingerprint density at radius 2 is 2.24 bits per heavy atom. The second-order valence-corrected chi connectivity index (χ2v) is 4.54. The first-order chi connectivity index (χ1) is 8.06. The van der Waals surface area contributed by atoms with Crippen molar-refractivity contribution in [1.29, 1.82) is 0 Å². The molecule has 1 aliphatic heterocycles. The molecule has 1 aromatic rings. The molecule has 5 nitrogen and oxygen atoms in total. The smallest absolute Gasteiger partial charge is 0.347 e. The van der Waals surface area contributed by atoms with Crippen LogP contribution in [-0.4, -0.2) is 24.6 Å². The second kappa shape index (κ2) is 4.75. The molecule has 1 saturated heterocycles. The Hall–Kier alpha value is -1.56. The van der Waals surface area contributed by atoms with E-state index in [9.17, 15) is 9.59 Å². The summed E-state index contributed by atoms with van der Waals surface area (Å²) in [4.78, 5) is 22.9. The summed E-state index contributed by atoms with van der Waals surface area (Å²) < 4.78 is 10.4. The zero-order valence-corrected chi connectivity index (χ0v) is 10.4. The third-order valence-corrected chi connectivity index (χ3v) is 2.75. The number of rotatable bonds is 2. The summed E-state index contributed by atoms with van der Waals surface area (Å²) in [6, 6.07) is 4.74. The first-order valence-electron chi connectivity index (χ1n) is 5.00. The number of esters is 2. The van der Waals surface area contributed by atoms with E-state index in [1.807, 2.05) is 0 Å². The Kier molecular flexibility index (Phi) is 3.33. The summed E-state index contributed by atoms with van der Waals surface area (Å²) in [5.74, 6) is -1.08. The molecule has 1 atom stereocenters. The lowest BCUT2D eigenvalue weighted by Gasteiger charge is -2.08. The number of nitrogen functional groups attached to an aromatic ring is 1. The van der Waals surface area contributed by atoms with Crippen LogP contribution in [0.1, 0.15) is 16.8 Å². The van der Waals surface area contributed by atoms with Crippen LogP contribution in [0.2, 0.25) is 0 Å².